The van der Waals surface area contributed by atoms with Crippen molar-refractivity contribution in [3.05, 3.63) is 35.4 Å². The smallest absolute Gasteiger partial charge is 0.249 e. The van der Waals surface area contributed by atoms with Crippen molar-refractivity contribution in [2.24, 2.45) is 5.73 Å². The van der Waals surface area contributed by atoms with Crippen molar-refractivity contribution >= 4 is 11.8 Å². The van der Waals surface area contributed by atoms with Gasteiger partial charge in [-0.1, -0.05) is 18.2 Å². The molecule has 6 heteroatoms. The number of hydrogen-bond donors (Lipinski definition) is 4. The van der Waals surface area contributed by atoms with Gasteiger partial charge in [0, 0.05) is 19.0 Å². The molecule has 0 radical (unpaired) electrons. The molecule has 0 bridgehead atoms. The molecule has 0 aromatic heterocycles. The Kier molecular flexibility index (Phi) is 5.47. The van der Waals surface area contributed by atoms with Gasteiger partial charge in [-0.25, -0.2) is 0 Å². The van der Waals surface area contributed by atoms with Crippen LogP contribution in [0.25, 0.3) is 0 Å². The van der Waals surface area contributed by atoms with Gasteiger partial charge in [0.1, 0.15) is 6.10 Å². The zero-order chi connectivity index (χ0) is 14.4. The zero-order valence-corrected chi connectivity index (χ0v) is 10.7. The Bertz CT molecular complexity index is 462. The van der Waals surface area contributed by atoms with Crippen molar-refractivity contribution in [2.45, 2.75) is 25.6 Å². The first-order valence-electron chi connectivity index (χ1n) is 5.92. The van der Waals surface area contributed by atoms with Crippen LogP contribution in [0, 0.1) is 0 Å². The minimum atomic E-state index is -1.22. The SMILES string of the molecule is CC(=O)NCCC(O)C(O)c1ccccc1C(N)=O. The molecule has 0 saturated heterocycles. The topological polar surface area (TPSA) is 113 Å². The van der Waals surface area contributed by atoms with Gasteiger partial charge in [-0.2, -0.15) is 0 Å². The summed E-state index contributed by atoms with van der Waals surface area (Å²) in [5.41, 5.74) is 5.66. The molecule has 2 atom stereocenters. The number of nitrogens with one attached hydrogen (secondary N) is 1. The Balaban J connectivity index is 2.73. The maximum Gasteiger partial charge on any atom is 0.249 e. The highest BCUT2D eigenvalue weighted by atomic mass is 16.3. The van der Waals surface area contributed by atoms with E-state index in [2.05, 4.69) is 5.32 Å². The average Bonchev–Trinajstić information content (AvgIpc) is 2.37. The van der Waals surface area contributed by atoms with Crippen LogP contribution in [-0.4, -0.2) is 34.7 Å². The van der Waals surface area contributed by atoms with Crippen molar-refractivity contribution in [1.82, 2.24) is 5.32 Å². The molecule has 6 nitrogen and oxygen atoms in total. The number of hydrogen-bond acceptors (Lipinski definition) is 4. The molecule has 0 saturated carbocycles. The van der Waals surface area contributed by atoms with E-state index in [1.165, 1.54) is 19.1 Å². The van der Waals surface area contributed by atoms with Gasteiger partial charge in [-0.15, -0.1) is 0 Å². The third-order valence-corrected chi connectivity index (χ3v) is 2.72. The molecule has 104 valence electrons. The van der Waals surface area contributed by atoms with Crippen LogP contribution < -0.4 is 11.1 Å². The number of carbonyl (C=O) groups excluding carboxylic acids is 2. The fourth-order valence-corrected chi connectivity index (χ4v) is 1.74. The van der Waals surface area contributed by atoms with Crippen LogP contribution in [0.3, 0.4) is 0 Å². The molecule has 1 rings (SSSR count). The molecule has 1 aromatic rings. The third-order valence-electron chi connectivity index (χ3n) is 2.72. The largest absolute Gasteiger partial charge is 0.390 e. The summed E-state index contributed by atoms with van der Waals surface area (Å²) in [6, 6.07) is 6.29. The normalized spacial score (nSPS) is 13.6. The van der Waals surface area contributed by atoms with Gasteiger partial charge in [0.25, 0.3) is 0 Å². The minimum absolute atomic E-state index is 0.174. The van der Waals surface area contributed by atoms with Gasteiger partial charge in [0.2, 0.25) is 11.8 Å². The lowest BCUT2D eigenvalue weighted by molar-refractivity contribution is -0.119. The molecule has 0 spiro atoms. The molecule has 0 aliphatic carbocycles. The summed E-state index contributed by atoms with van der Waals surface area (Å²) >= 11 is 0. The number of benzene rings is 1. The van der Waals surface area contributed by atoms with Gasteiger partial charge in [-0.05, 0) is 18.1 Å². The van der Waals surface area contributed by atoms with E-state index in [0.717, 1.165) is 0 Å². The molecule has 19 heavy (non-hydrogen) atoms. The van der Waals surface area contributed by atoms with E-state index in [-0.39, 0.29) is 30.0 Å². The van der Waals surface area contributed by atoms with Crippen molar-refractivity contribution in [3.8, 4) is 0 Å². The van der Waals surface area contributed by atoms with Crippen LogP contribution in [-0.2, 0) is 4.79 Å². The van der Waals surface area contributed by atoms with E-state index in [1.54, 1.807) is 12.1 Å². The lowest BCUT2D eigenvalue weighted by Gasteiger charge is -2.20. The highest BCUT2D eigenvalue weighted by Crippen LogP contribution is 2.22. The molecule has 0 heterocycles. The van der Waals surface area contributed by atoms with Crippen LogP contribution in [0.15, 0.2) is 24.3 Å². The van der Waals surface area contributed by atoms with E-state index in [1.807, 2.05) is 0 Å². The summed E-state index contributed by atoms with van der Waals surface area (Å²) in [7, 11) is 0. The summed E-state index contributed by atoms with van der Waals surface area (Å²) in [6.07, 6.45) is -2.14. The first kappa shape index (κ1) is 15.1. The van der Waals surface area contributed by atoms with Gasteiger partial charge in [0.15, 0.2) is 0 Å². The molecule has 0 fully saturated rings. The highest BCUT2D eigenvalue weighted by molar-refractivity contribution is 5.94. The third kappa shape index (κ3) is 4.35. The molecular formula is C13H18N2O4. The maximum atomic E-state index is 11.2. The number of aliphatic hydroxyl groups excluding tert-OH is 2. The zero-order valence-electron chi connectivity index (χ0n) is 10.7. The Morgan fingerprint density at radius 3 is 2.53 bits per heavy atom. The van der Waals surface area contributed by atoms with Crippen LogP contribution in [0.5, 0.6) is 0 Å². The van der Waals surface area contributed by atoms with E-state index < -0.39 is 18.1 Å². The van der Waals surface area contributed by atoms with Gasteiger partial charge < -0.3 is 21.3 Å². The van der Waals surface area contributed by atoms with Crippen molar-refractivity contribution in [3.63, 3.8) is 0 Å². The second-order valence-corrected chi connectivity index (χ2v) is 4.24. The second kappa shape index (κ2) is 6.86. The summed E-state index contributed by atoms with van der Waals surface area (Å²) in [6.45, 7) is 1.61. The number of nitrogens with two attached hydrogens (primary N) is 1. The van der Waals surface area contributed by atoms with E-state index >= 15 is 0 Å². The number of rotatable bonds is 6. The lowest BCUT2D eigenvalue weighted by atomic mass is 9.97. The van der Waals surface area contributed by atoms with Crippen molar-refractivity contribution in [1.29, 1.82) is 0 Å². The summed E-state index contributed by atoms with van der Waals surface area (Å²) in [4.78, 5) is 21.9. The first-order valence-corrected chi connectivity index (χ1v) is 5.92. The number of aliphatic hydroxyl groups is 2. The van der Waals surface area contributed by atoms with Gasteiger partial charge >= 0.3 is 0 Å². The van der Waals surface area contributed by atoms with Crippen LogP contribution in [0.4, 0.5) is 0 Å². The molecule has 5 N–H and O–H groups in total. The summed E-state index contributed by atoms with van der Waals surface area (Å²) in [5.74, 6) is -0.872. The second-order valence-electron chi connectivity index (χ2n) is 4.24. The Morgan fingerprint density at radius 1 is 1.32 bits per heavy atom. The Labute approximate surface area is 111 Å². The molecule has 2 unspecified atom stereocenters. The monoisotopic (exact) mass is 266 g/mol. The fraction of sp³-hybridized carbons (Fsp3) is 0.385. The number of primary amides is 1. The lowest BCUT2D eigenvalue weighted by Crippen LogP contribution is -2.28. The van der Waals surface area contributed by atoms with Gasteiger partial charge in [0.05, 0.1) is 6.10 Å². The first-order chi connectivity index (χ1) is 8.93. The van der Waals surface area contributed by atoms with Crippen molar-refractivity contribution in [2.75, 3.05) is 6.54 Å². The van der Waals surface area contributed by atoms with E-state index in [0.29, 0.717) is 0 Å². The fourth-order valence-electron chi connectivity index (χ4n) is 1.74. The Morgan fingerprint density at radius 2 is 1.95 bits per heavy atom. The molecular weight excluding hydrogens is 248 g/mol. The van der Waals surface area contributed by atoms with Crippen LogP contribution in [0.2, 0.25) is 0 Å². The van der Waals surface area contributed by atoms with Crippen LogP contribution in [0.1, 0.15) is 35.4 Å². The maximum absolute atomic E-state index is 11.2. The number of amides is 2. The molecule has 2 amide bonds. The molecule has 1 aromatic carbocycles. The van der Waals surface area contributed by atoms with Gasteiger partial charge in [-0.3, -0.25) is 9.59 Å². The standard InChI is InChI=1S/C13H18N2O4/c1-8(16)15-7-6-11(17)12(18)9-4-2-3-5-10(9)13(14)19/h2-5,11-12,17-18H,6-7H2,1H3,(H2,14,19)(H,15,16). The quantitative estimate of drug-likeness (QED) is 0.566. The summed E-state index contributed by atoms with van der Waals surface area (Å²) < 4.78 is 0. The predicted molar refractivity (Wildman–Crippen MR) is 69.2 cm³/mol. The minimum Gasteiger partial charge on any atom is -0.390 e. The molecule has 0 aliphatic rings. The predicted octanol–water partition coefficient (Wildman–Crippen LogP) is -0.294. The summed E-state index contributed by atoms with van der Waals surface area (Å²) in [5, 5.41) is 22.4. The van der Waals surface area contributed by atoms with Crippen LogP contribution >= 0.6 is 0 Å². The average molecular weight is 266 g/mol. The van der Waals surface area contributed by atoms with E-state index in [9.17, 15) is 19.8 Å². The molecule has 0 aliphatic heterocycles. The van der Waals surface area contributed by atoms with Crippen molar-refractivity contribution < 1.29 is 19.8 Å². The number of carbonyl (C=O) groups is 2. The van der Waals surface area contributed by atoms with E-state index in [4.69, 9.17) is 5.73 Å². The Hall–Kier alpha value is -1.92. The highest BCUT2D eigenvalue weighted by Gasteiger charge is 2.22.